The predicted octanol–water partition coefficient (Wildman–Crippen LogP) is 5.49. The van der Waals surface area contributed by atoms with Crippen LogP contribution in [0.4, 0.5) is 23.2 Å². The fourth-order valence-corrected chi connectivity index (χ4v) is 3.36. The van der Waals surface area contributed by atoms with Crippen LogP contribution in [-0.4, -0.2) is 21.2 Å². The molecule has 0 aliphatic heterocycles. The molecule has 0 aliphatic rings. The minimum atomic E-state index is -4.52. The van der Waals surface area contributed by atoms with Crippen LogP contribution in [0.3, 0.4) is 0 Å². The molecule has 1 heterocycles. The summed E-state index contributed by atoms with van der Waals surface area (Å²) in [6.45, 7) is 3.57. The van der Waals surface area contributed by atoms with Crippen LogP contribution in [0.25, 0.3) is 5.69 Å². The van der Waals surface area contributed by atoms with Crippen molar-refractivity contribution in [3.05, 3.63) is 71.3 Å². The molecule has 146 valence electrons. The first-order valence-electron chi connectivity index (χ1n) is 8.13. The van der Waals surface area contributed by atoms with E-state index < -0.39 is 17.2 Å². The first-order valence-corrected chi connectivity index (χ1v) is 8.95. The first kappa shape index (κ1) is 19.9. The predicted molar refractivity (Wildman–Crippen MR) is 99.3 cm³/mol. The molecule has 0 unspecified atom stereocenters. The lowest BCUT2D eigenvalue weighted by molar-refractivity contribution is -0.0328. The molecular weight excluding hydrogens is 394 g/mol. The van der Waals surface area contributed by atoms with Crippen LogP contribution in [0.1, 0.15) is 21.7 Å². The van der Waals surface area contributed by atoms with E-state index in [1.54, 1.807) is 19.9 Å². The van der Waals surface area contributed by atoms with Gasteiger partial charge in [0.05, 0.1) is 11.3 Å². The van der Waals surface area contributed by atoms with Gasteiger partial charge in [0.1, 0.15) is 5.69 Å². The molecule has 1 N–H and O–H groups in total. The Morgan fingerprint density at radius 2 is 1.82 bits per heavy atom. The van der Waals surface area contributed by atoms with Gasteiger partial charge in [-0.1, -0.05) is 12.1 Å². The van der Waals surface area contributed by atoms with Crippen molar-refractivity contribution >= 4 is 23.4 Å². The summed E-state index contributed by atoms with van der Waals surface area (Å²) in [5, 5.41) is 6.64. The molecule has 0 spiro atoms. The van der Waals surface area contributed by atoms with Crippen LogP contribution in [-0.2, 0) is 0 Å². The number of alkyl halides is 3. The third-order valence-corrected chi connectivity index (χ3v) is 4.61. The van der Waals surface area contributed by atoms with E-state index in [0.717, 1.165) is 17.5 Å². The van der Waals surface area contributed by atoms with Crippen molar-refractivity contribution in [3.8, 4) is 5.69 Å². The summed E-state index contributed by atoms with van der Waals surface area (Å²) in [6.07, 6.45) is 0. The number of rotatable bonds is 4. The number of aromatic nitrogens is 2. The van der Waals surface area contributed by atoms with Gasteiger partial charge in [-0.25, -0.2) is 9.07 Å². The maximum atomic E-state index is 14.5. The van der Waals surface area contributed by atoms with Gasteiger partial charge in [-0.2, -0.15) is 18.3 Å². The van der Waals surface area contributed by atoms with Crippen molar-refractivity contribution in [2.75, 3.05) is 5.32 Å². The zero-order valence-electron chi connectivity index (χ0n) is 14.8. The van der Waals surface area contributed by atoms with Gasteiger partial charge < -0.3 is 5.32 Å². The molecule has 4 nitrogen and oxygen atoms in total. The Hall–Kier alpha value is -2.81. The van der Waals surface area contributed by atoms with E-state index in [1.807, 2.05) is 0 Å². The summed E-state index contributed by atoms with van der Waals surface area (Å²) in [5.41, 5.74) is -2.87. The summed E-state index contributed by atoms with van der Waals surface area (Å²) < 4.78 is 54.0. The molecule has 0 aliphatic carbocycles. The minimum Gasteiger partial charge on any atom is -0.322 e. The number of amides is 1. The van der Waals surface area contributed by atoms with Crippen molar-refractivity contribution in [1.82, 2.24) is 9.78 Å². The number of carbonyl (C=O) groups is 1. The van der Waals surface area contributed by atoms with Crippen LogP contribution in [0.5, 0.6) is 0 Å². The number of halogens is 4. The van der Waals surface area contributed by atoms with Crippen molar-refractivity contribution in [3.63, 3.8) is 0 Å². The summed E-state index contributed by atoms with van der Waals surface area (Å²) in [4.78, 5) is 12.2. The number of hydrogen-bond donors (Lipinski definition) is 1. The van der Waals surface area contributed by atoms with Crippen LogP contribution in [0.15, 0.2) is 53.4 Å². The van der Waals surface area contributed by atoms with Crippen molar-refractivity contribution < 1.29 is 22.4 Å². The SMILES string of the molecule is Cc1cc(C)n(-c2ccc(NC(=O)c3ccccc3SC(F)(F)F)cc2F)n1. The Morgan fingerprint density at radius 3 is 2.43 bits per heavy atom. The Morgan fingerprint density at radius 1 is 1.11 bits per heavy atom. The molecule has 0 saturated heterocycles. The molecule has 1 aromatic heterocycles. The van der Waals surface area contributed by atoms with Gasteiger partial charge in [-0.05, 0) is 62.0 Å². The van der Waals surface area contributed by atoms with Gasteiger partial charge in [-0.15, -0.1) is 0 Å². The maximum absolute atomic E-state index is 14.5. The Bertz CT molecular complexity index is 1030. The van der Waals surface area contributed by atoms with Crippen LogP contribution >= 0.6 is 11.8 Å². The van der Waals surface area contributed by atoms with E-state index in [2.05, 4.69) is 10.4 Å². The number of nitrogens with zero attached hydrogens (tertiary/aromatic N) is 2. The molecule has 0 radical (unpaired) electrons. The average Bonchev–Trinajstić information content (AvgIpc) is 2.92. The summed E-state index contributed by atoms with van der Waals surface area (Å²) >= 11 is -0.373. The van der Waals surface area contributed by atoms with Crippen LogP contribution in [0.2, 0.25) is 0 Å². The third-order valence-electron chi connectivity index (χ3n) is 3.80. The van der Waals surface area contributed by atoms with Crippen molar-refractivity contribution in [1.29, 1.82) is 0 Å². The molecule has 2 aromatic carbocycles. The average molecular weight is 409 g/mol. The zero-order valence-corrected chi connectivity index (χ0v) is 15.7. The number of carbonyl (C=O) groups excluding carboxylic acids is 1. The number of thioether (sulfide) groups is 1. The monoisotopic (exact) mass is 409 g/mol. The second-order valence-electron chi connectivity index (χ2n) is 6.00. The maximum Gasteiger partial charge on any atom is 0.446 e. The third kappa shape index (κ3) is 4.53. The van der Waals surface area contributed by atoms with Crippen molar-refractivity contribution in [2.24, 2.45) is 0 Å². The molecule has 1 amide bonds. The highest BCUT2D eigenvalue weighted by atomic mass is 32.2. The topological polar surface area (TPSA) is 46.9 Å². The number of aryl methyl sites for hydroxylation is 2. The fraction of sp³-hybridized carbons (Fsp3) is 0.158. The van der Waals surface area contributed by atoms with Gasteiger partial charge in [0.15, 0.2) is 5.82 Å². The number of anilines is 1. The largest absolute Gasteiger partial charge is 0.446 e. The number of nitrogens with one attached hydrogen (secondary N) is 1. The van der Waals surface area contributed by atoms with Crippen molar-refractivity contribution in [2.45, 2.75) is 24.3 Å². The van der Waals surface area contributed by atoms with E-state index in [9.17, 15) is 22.4 Å². The molecule has 0 atom stereocenters. The fourth-order valence-electron chi connectivity index (χ4n) is 2.70. The van der Waals surface area contributed by atoms with E-state index in [1.165, 1.54) is 41.1 Å². The summed E-state index contributed by atoms with van der Waals surface area (Å²) in [6, 6.07) is 11.2. The summed E-state index contributed by atoms with van der Waals surface area (Å²) in [7, 11) is 0. The molecule has 0 saturated carbocycles. The van der Waals surface area contributed by atoms with Gasteiger partial charge in [0.2, 0.25) is 0 Å². The van der Waals surface area contributed by atoms with Crippen LogP contribution < -0.4 is 5.32 Å². The highest BCUT2D eigenvalue weighted by molar-refractivity contribution is 8.00. The Labute approximate surface area is 162 Å². The number of hydrogen-bond acceptors (Lipinski definition) is 3. The lowest BCUT2D eigenvalue weighted by Crippen LogP contribution is -2.14. The lowest BCUT2D eigenvalue weighted by atomic mass is 10.2. The molecule has 0 fully saturated rings. The van der Waals surface area contributed by atoms with Gasteiger partial charge in [-0.3, -0.25) is 4.79 Å². The van der Waals surface area contributed by atoms with E-state index in [0.29, 0.717) is 0 Å². The second-order valence-corrected chi connectivity index (χ2v) is 7.11. The van der Waals surface area contributed by atoms with Crippen LogP contribution in [0, 0.1) is 19.7 Å². The Kier molecular flexibility index (Phi) is 5.46. The minimum absolute atomic E-state index is 0.125. The Balaban J connectivity index is 1.84. The van der Waals surface area contributed by atoms with E-state index in [4.69, 9.17) is 0 Å². The zero-order chi connectivity index (χ0) is 20.5. The van der Waals surface area contributed by atoms with Gasteiger partial charge in [0, 0.05) is 16.3 Å². The first-order chi connectivity index (χ1) is 13.1. The molecule has 0 bridgehead atoms. The quantitative estimate of drug-likeness (QED) is 0.458. The number of benzene rings is 2. The van der Waals surface area contributed by atoms with E-state index in [-0.39, 0.29) is 33.6 Å². The van der Waals surface area contributed by atoms with E-state index >= 15 is 0 Å². The molecular formula is C19H15F4N3OS. The highest BCUT2D eigenvalue weighted by Gasteiger charge is 2.31. The standard InChI is InChI=1S/C19H15F4N3OS/c1-11-9-12(2)26(25-11)16-8-7-13(10-15(16)20)24-18(27)14-5-3-4-6-17(14)28-19(21,22)23/h3-10H,1-2H3,(H,24,27). The summed E-state index contributed by atoms with van der Waals surface area (Å²) in [5.74, 6) is -1.38. The smallest absolute Gasteiger partial charge is 0.322 e. The second kappa shape index (κ2) is 7.67. The normalized spacial score (nSPS) is 11.5. The highest BCUT2D eigenvalue weighted by Crippen LogP contribution is 2.38. The lowest BCUT2D eigenvalue weighted by Gasteiger charge is -2.12. The molecule has 28 heavy (non-hydrogen) atoms. The molecule has 3 rings (SSSR count). The molecule has 3 aromatic rings. The van der Waals surface area contributed by atoms with Gasteiger partial charge >= 0.3 is 5.51 Å². The van der Waals surface area contributed by atoms with Gasteiger partial charge in [0.25, 0.3) is 5.91 Å². The molecule has 9 heteroatoms.